The molecule has 18 heavy (non-hydrogen) atoms. The van der Waals surface area contributed by atoms with E-state index >= 15 is 0 Å². The van der Waals surface area contributed by atoms with E-state index in [0.29, 0.717) is 5.76 Å². The summed E-state index contributed by atoms with van der Waals surface area (Å²) in [5, 5.41) is 10.5. The fourth-order valence-corrected chi connectivity index (χ4v) is 2.18. The highest BCUT2D eigenvalue weighted by Crippen LogP contribution is 2.15. The maximum absolute atomic E-state index is 10.5. The van der Waals surface area contributed by atoms with Gasteiger partial charge in [0.15, 0.2) is 0 Å². The van der Waals surface area contributed by atoms with Crippen LogP contribution in [0.4, 0.5) is 5.69 Å². The number of benzene rings is 1. The molecule has 96 valence electrons. The largest absolute Gasteiger partial charge is 0.545 e. The third kappa shape index (κ3) is 4.97. The van der Waals surface area contributed by atoms with Gasteiger partial charge in [0.05, 0.1) is 10.7 Å². The lowest BCUT2D eigenvalue weighted by Crippen LogP contribution is -2.23. The number of nitrogens with zero attached hydrogens (tertiary/aromatic N) is 1. The molecule has 0 unspecified atom stereocenters. The van der Waals surface area contributed by atoms with Crippen molar-refractivity contribution in [2.24, 2.45) is 0 Å². The molecule has 0 saturated heterocycles. The highest BCUT2D eigenvalue weighted by molar-refractivity contribution is 6.70. The van der Waals surface area contributed by atoms with Gasteiger partial charge in [-0.2, -0.15) is 0 Å². The van der Waals surface area contributed by atoms with Crippen LogP contribution in [0.15, 0.2) is 42.7 Å². The van der Waals surface area contributed by atoms with Crippen LogP contribution in [0.3, 0.4) is 0 Å². The lowest BCUT2D eigenvalue weighted by Gasteiger charge is -2.18. The van der Waals surface area contributed by atoms with Crippen molar-refractivity contribution >= 4 is 20.1 Å². The smallest absolute Gasteiger partial charge is 0.269 e. The summed E-state index contributed by atoms with van der Waals surface area (Å²) in [7, 11) is -1.62. The lowest BCUT2D eigenvalue weighted by atomic mass is 10.2. The van der Waals surface area contributed by atoms with Gasteiger partial charge in [-0.1, -0.05) is 12.7 Å². The summed E-state index contributed by atoms with van der Waals surface area (Å²) in [4.78, 5) is 10.1. The second-order valence-corrected chi connectivity index (χ2v) is 9.29. The van der Waals surface area contributed by atoms with Crippen LogP contribution in [0, 0.1) is 10.1 Å². The zero-order valence-electron chi connectivity index (χ0n) is 10.8. The Morgan fingerprint density at radius 3 is 2.33 bits per heavy atom. The lowest BCUT2D eigenvalue weighted by molar-refractivity contribution is -0.384. The van der Waals surface area contributed by atoms with Gasteiger partial charge in [0.2, 0.25) is 8.32 Å². The van der Waals surface area contributed by atoms with Crippen molar-refractivity contribution in [3.8, 4) is 0 Å². The van der Waals surface area contributed by atoms with Gasteiger partial charge < -0.3 is 4.43 Å². The van der Waals surface area contributed by atoms with Gasteiger partial charge in [0.25, 0.3) is 5.69 Å². The molecule has 0 bridgehead atoms. The maximum Gasteiger partial charge on any atom is 0.269 e. The van der Waals surface area contributed by atoms with Gasteiger partial charge in [-0.15, -0.1) is 0 Å². The topological polar surface area (TPSA) is 52.4 Å². The van der Waals surface area contributed by atoms with Crippen LogP contribution in [0.1, 0.15) is 5.56 Å². The quantitative estimate of drug-likeness (QED) is 0.265. The summed E-state index contributed by atoms with van der Waals surface area (Å²) in [5.41, 5.74) is 0.963. The second-order valence-electron chi connectivity index (χ2n) is 4.86. The minimum absolute atomic E-state index is 0.0873. The average Bonchev–Trinajstić information content (AvgIpc) is 2.24. The molecular formula is C13H17NO3Si. The van der Waals surface area contributed by atoms with E-state index in [1.54, 1.807) is 18.2 Å². The summed E-state index contributed by atoms with van der Waals surface area (Å²) in [6, 6.07) is 6.33. The van der Waals surface area contributed by atoms with Gasteiger partial charge in [-0.25, -0.2) is 0 Å². The van der Waals surface area contributed by atoms with Crippen LogP contribution in [0.5, 0.6) is 0 Å². The van der Waals surface area contributed by atoms with E-state index in [1.165, 1.54) is 12.1 Å². The SMILES string of the molecule is C=C(C=Cc1ccc([N+](=O)[O-])cc1)O[Si](C)(C)C. The Kier molecular flexibility index (Phi) is 4.44. The second kappa shape index (κ2) is 5.64. The minimum atomic E-state index is -1.62. The highest BCUT2D eigenvalue weighted by atomic mass is 28.4. The Bertz CT molecular complexity index is 472. The first-order chi connectivity index (χ1) is 8.28. The molecule has 0 N–H and O–H groups in total. The molecule has 0 radical (unpaired) electrons. The molecule has 1 aromatic carbocycles. The number of nitro groups is 1. The Morgan fingerprint density at radius 1 is 1.33 bits per heavy atom. The van der Waals surface area contributed by atoms with Crippen LogP contribution >= 0.6 is 0 Å². The van der Waals surface area contributed by atoms with Crippen molar-refractivity contribution in [2.45, 2.75) is 19.6 Å². The molecule has 0 aliphatic heterocycles. The zero-order chi connectivity index (χ0) is 13.8. The zero-order valence-corrected chi connectivity index (χ0v) is 11.8. The van der Waals surface area contributed by atoms with Crippen molar-refractivity contribution in [1.29, 1.82) is 0 Å². The first-order valence-corrected chi connectivity index (χ1v) is 8.99. The van der Waals surface area contributed by atoms with Gasteiger partial charge in [-0.3, -0.25) is 10.1 Å². The number of non-ortho nitro benzene ring substituents is 1. The van der Waals surface area contributed by atoms with Gasteiger partial charge in [0.1, 0.15) is 0 Å². The molecule has 0 aliphatic rings. The van der Waals surface area contributed by atoms with E-state index in [0.717, 1.165) is 5.56 Å². The van der Waals surface area contributed by atoms with Gasteiger partial charge >= 0.3 is 0 Å². The molecule has 1 rings (SSSR count). The molecule has 5 heteroatoms. The summed E-state index contributed by atoms with van der Waals surface area (Å²) >= 11 is 0. The molecule has 0 aliphatic carbocycles. The van der Waals surface area contributed by atoms with E-state index in [2.05, 4.69) is 26.2 Å². The predicted octanol–water partition coefficient (Wildman–Crippen LogP) is 3.97. The fourth-order valence-electron chi connectivity index (χ4n) is 1.32. The number of hydrogen-bond acceptors (Lipinski definition) is 3. The molecule has 0 spiro atoms. The van der Waals surface area contributed by atoms with E-state index in [9.17, 15) is 10.1 Å². The van der Waals surface area contributed by atoms with Gasteiger partial charge in [0, 0.05) is 12.1 Å². The van der Waals surface area contributed by atoms with Crippen LogP contribution < -0.4 is 0 Å². The summed E-state index contributed by atoms with van der Waals surface area (Å²) in [6.45, 7) is 10.1. The van der Waals surface area contributed by atoms with Crippen molar-refractivity contribution < 1.29 is 9.35 Å². The Morgan fingerprint density at radius 2 is 1.89 bits per heavy atom. The van der Waals surface area contributed by atoms with Crippen LogP contribution in [0.25, 0.3) is 6.08 Å². The molecule has 0 fully saturated rings. The maximum atomic E-state index is 10.5. The monoisotopic (exact) mass is 263 g/mol. The minimum Gasteiger partial charge on any atom is -0.545 e. The summed E-state index contributed by atoms with van der Waals surface area (Å²) in [5.74, 6) is 0.618. The molecule has 1 aromatic rings. The van der Waals surface area contributed by atoms with E-state index < -0.39 is 13.2 Å². The number of allylic oxidation sites excluding steroid dienone is 1. The number of rotatable bonds is 5. The summed E-state index contributed by atoms with van der Waals surface area (Å²) in [6.07, 6.45) is 3.60. The molecular weight excluding hydrogens is 246 g/mol. The first kappa shape index (κ1) is 14.2. The Labute approximate surface area is 108 Å². The normalized spacial score (nSPS) is 11.5. The van der Waals surface area contributed by atoms with Crippen molar-refractivity contribution in [1.82, 2.24) is 0 Å². The molecule has 0 heterocycles. The average molecular weight is 263 g/mol. The molecule has 0 atom stereocenters. The van der Waals surface area contributed by atoms with Crippen molar-refractivity contribution in [3.05, 3.63) is 58.4 Å². The van der Waals surface area contributed by atoms with Crippen molar-refractivity contribution in [2.75, 3.05) is 0 Å². The number of nitro benzene ring substituents is 1. The predicted molar refractivity (Wildman–Crippen MR) is 75.7 cm³/mol. The molecule has 4 nitrogen and oxygen atoms in total. The van der Waals surface area contributed by atoms with Crippen LogP contribution in [0.2, 0.25) is 19.6 Å². The standard InChI is InChI=1S/C13H17NO3Si/c1-11(17-18(2,3)4)5-6-12-7-9-13(10-8-12)14(15)16/h5-10H,1H2,2-4H3. The van der Waals surface area contributed by atoms with Crippen LogP contribution in [-0.4, -0.2) is 13.2 Å². The third-order valence-corrected chi connectivity index (χ3v) is 2.88. The first-order valence-electron chi connectivity index (χ1n) is 5.58. The van der Waals surface area contributed by atoms with Crippen molar-refractivity contribution in [3.63, 3.8) is 0 Å². The van der Waals surface area contributed by atoms with Crippen LogP contribution in [-0.2, 0) is 4.43 Å². The number of hydrogen-bond donors (Lipinski definition) is 0. The Balaban J connectivity index is 2.67. The molecule has 0 aromatic heterocycles. The van der Waals surface area contributed by atoms with E-state index in [1.807, 2.05) is 6.08 Å². The summed E-state index contributed by atoms with van der Waals surface area (Å²) < 4.78 is 5.67. The molecule has 0 amide bonds. The highest BCUT2D eigenvalue weighted by Gasteiger charge is 2.15. The fraction of sp³-hybridized carbons (Fsp3) is 0.231. The molecule has 0 saturated carbocycles. The Hall–Kier alpha value is -1.88. The van der Waals surface area contributed by atoms with E-state index in [-0.39, 0.29) is 5.69 Å². The third-order valence-electron chi connectivity index (χ3n) is 2.00. The van der Waals surface area contributed by atoms with Gasteiger partial charge in [-0.05, 0) is 43.4 Å². The van der Waals surface area contributed by atoms with E-state index in [4.69, 9.17) is 4.43 Å².